The van der Waals surface area contributed by atoms with E-state index in [9.17, 15) is 9.18 Å². The molecule has 43 valence electrons. The Morgan fingerprint density at radius 3 is 2.50 bits per heavy atom. The van der Waals surface area contributed by atoms with E-state index >= 15 is 0 Å². The highest BCUT2D eigenvalue weighted by Crippen LogP contribution is 2.29. The first-order valence-electron chi connectivity index (χ1n) is 2.72. The van der Waals surface area contributed by atoms with E-state index in [1.54, 1.807) is 4.90 Å². The largest absolute Gasteiger partial charge is 0.373 e. The van der Waals surface area contributed by atoms with Gasteiger partial charge in [0.15, 0.2) is 25.2 Å². The van der Waals surface area contributed by atoms with Crippen LogP contribution in [-0.4, -0.2) is 25.2 Å². The summed E-state index contributed by atoms with van der Waals surface area (Å²) in [5.74, 6) is -0.243. The van der Waals surface area contributed by atoms with Crippen molar-refractivity contribution in [3.8, 4) is 0 Å². The van der Waals surface area contributed by atoms with Gasteiger partial charge in [-0.1, -0.05) is 4.90 Å². The van der Waals surface area contributed by atoms with Crippen molar-refractivity contribution in [2.45, 2.75) is 6.17 Å². The number of hydrogen-bond acceptors (Lipinski definition) is 1. The van der Waals surface area contributed by atoms with Gasteiger partial charge in [0.1, 0.15) is 0 Å². The summed E-state index contributed by atoms with van der Waals surface area (Å²) < 4.78 is 12.3. The smallest absolute Gasteiger partial charge is 0.240 e. The molecule has 0 spiro atoms. The second kappa shape index (κ2) is 1.10. The van der Waals surface area contributed by atoms with Gasteiger partial charge in [0, 0.05) is 0 Å². The quantitative estimate of drug-likeness (QED) is 0.312. The fraction of sp³-hybridized carbons (Fsp3) is 0.800. The molecule has 2 nitrogen and oxygen atoms in total. The first-order chi connectivity index (χ1) is 3.79. The molecule has 3 saturated heterocycles. The molecule has 8 heavy (non-hydrogen) atoms. The molecule has 2 bridgehead atoms. The summed E-state index contributed by atoms with van der Waals surface area (Å²) in [5, 5.41) is 0. The molecule has 1 radical (unpaired) electrons. The van der Waals surface area contributed by atoms with Crippen molar-refractivity contribution in [3.05, 3.63) is 0 Å². The number of β-lactam (4-membered cyclic amide) rings is 1. The second-order valence-electron chi connectivity index (χ2n) is 2.37. The molecule has 3 heterocycles. The minimum Gasteiger partial charge on any atom is -0.240 e. The Kier molecular flexibility index (Phi) is 0.612. The van der Waals surface area contributed by atoms with Crippen LogP contribution in [0.4, 0.5) is 4.39 Å². The summed E-state index contributed by atoms with van der Waals surface area (Å²) >= 11 is 0. The number of halogens is 1. The van der Waals surface area contributed by atoms with Crippen LogP contribution in [0.1, 0.15) is 0 Å². The minimum absolute atomic E-state index is 0.0116. The molecule has 0 aliphatic carbocycles. The Hall–Kier alpha value is -0.440. The molecule has 1 amide bonds. The van der Waals surface area contributed by atoms with Crippen molar-refractivity contribution in [3.63, 3.8) is 0 Å². The second-order valence-corrected chi connectivity index (χ2v) is 2.37. The molecule has 0 aromatic carbocycles. The van der Waals surface area contributed by atoms with E-state index in [-0.39, 0.29) is 11.8 Å². The van der Waals surface area contributed by atoms with Gasteiger partial charge >= 0.3 is 5.91 Å². The molecule has 3 aliphatic heterocycles. The van der Waals surface area contributed by atoms with Gasteiger partial charge < -0.3 is 0 Å². The highest BCUT2D eigenvalue weighted by molar-refractivity contribution is 5.90. The SMILES string of the molecule is O=C1C2C[N+]1CC2F. The third-order valence-electron chi connectivity index (χ3n) is 1.88. The van der Waals surface area contributed by atoms with Crippen LogP contribution in [0.5, 0.6) is 0 Å². The zero-order valence-electron chi connectivity index (χ0n) is 4.30. The molecule has 0 saturated carbocycles. The fourth-order valence-corrected chi connectivity index (χ4v) is 1.30. The van der Waals surface area contributed by atoms with Crippen LogP contribution < -0.4 is 4.90 Å². The van der Waals surface area contributed by atoms with Crippen LogP contribution in [0, 0.1) is 5.92 Å². The molecule has 3 atom stereocenters. The van der Waals surface area contributed by atoms with E-state index in [1.165, 1.54) is 0 Å². The zero-order chi connectivity index (χ0) is 5.72. The van der Waals surface area contributed by atoms with Crippen LogP contribution in [-0.2, 0) is 4.79 Å². The molecule has 3 heteroatoms. The maximum Gasteiger partial charge on any atom is 0.373 e. The van der Waals surface area contributed by atoms with Gasteiger partial charge in [-0.05, 0) is 0 Å². The van der Waals surface area contributed by atoms with Gasteiger partial charge in [-0.25, -0.2) is 9.18 Å². The molecule has 3 unspecified atom stereocenters. The Morgan fingerprint density at radius 1 is 1.62 bits per heavy atom. The summed E-state index contributed by atoms with van der Waals surface area (Å²) in [5.41, 5.74) is 0. The Balaban J connectivity index is 2.24. The van der Waals surface area contributed by atoms with Crippen LogP contribution in [0.3, 0.4) is 0 Å². The van der Waals surface area contributed by atoms with Crippen LogP contribution in [0.15, 0.2) is 0 Å². The Morgan fingerprint density at radius 2 is 2.38 bits per heavy atom. The predicted octanol–water partition coefficient (Wildman–Crippen LogP) is -0.365. The Bertz CT molecular complexity index is 147. The van der Waals surface area contributed by atoms with Gasteiger partial charge in [0.25, 0.3) is 0 Å². The molecule has 3 rings (SSSR count). The normalized spacial score (nSPS) is 51.6. The molecule has 3 fully saturated rings. The standard InChI is InChI=1S/C5H6FNO/c6-4-2-7-1-3(4)5(7)8/h3-4H,1-2H2/q+1. The van der Waals surface area contributed by atoms with Crippen LogP contribution in [0.2, 0.25) is 0 Å². The third-order valence-corrected chi connectivity index (χ3v) is 1.88. The van der Waals surface area contributed by atoms with Gasteiger partial charge in [0.05, 0.1) is 0 Å². The lowest BCUT2D eigenvalue weighted by molar-refractivity contribution is -0.133. The average Bonchev–Trinajstić information content (AvgIpc) is 2.19. The lowest BCUT2D eigenvalue weighted by Crippen LogP contribution is -2.48. The molecule has 0 N–H and O–H groups in total. The maximum absolute atomic E-state index is 12.3. The van der Waals surface area contributed by atoms with E-state index in [1.807, 2.05) is 0 Å². The number of fused-ring (bicyclic) bond motifs is 1. The number of carbonyl (C=O) groups is 1. The fourth-order valence-electron chi connectivity index (χ4n) is 1.30. The van der Waals surface area contributed by atoms with Crippen molar-refractivity contribution < 1.29 is 9.18 Å². The molecule has 0 aromatic heterocycles. The molecular formula is C5H6FNO+. The summed E-state index contributed by atoms with van der Waals surface area (Å²) in [6, 6.07) is 0. The topological polar surface area (TPSA) is 23.0 Å². The van der Waals surface area contributed by atoms with Crippen LogP contribution >= 0.6 is 0 Å². The zero-order valence-corrected chi connectivity index (χ0v) is 4.30. The molecular weight excluding hydrogens is 109 g/mol. The molecule has 3 aliphatic rings. The van der Waals surface area contributed by atoms with Crippen molar-refractivity contribution >= 4 is 5.91 Å². The number of nitrogens with zero attached hydrogens (tertiary/aromatic N) is 1. The van der Waals surface area contributed by atoms with Crippen molar-refractivity contribution in [1.29, 1.82) is 0 Å². The molecule has 0 aromatic rings. The minimum atomic E-state index is -0.859. The van der Waals surface area contributed by atoms with Crippen molar-refractivity contribution in [2.24, 2.45) is 5.92 Å². The number of alkyl halides is 1. The van der Waals surface area contributed by atoms with E-state index in [2.05, 4.69) is 0 Å². The number of carbonyl (C=O) groups excluding carboxylic acids is 1. The van der Waals surface area contributed by atoms with Crippen molar-refractivity contribution in [1.82, 2.24) is 4.90 Å². The van der Waals surface area contributed by atoms with E-state index < -0.39 is 6.17 Å². The summed E-state index contributed by atoms with van der Waals surface area (Å²) in [4.78, 5) is 12.1. The number of hydrogen-bond donors (Lipinski definition) is 0. The highest BCUT2D eigenvalue weighted by atomic mass is 19.1. The van der Waals surface area contributed by atoms with Gasteiger partial charge in [-0.15, -0.1) is 0 Å². The third kappa shape index (κ3) is 0.302. The van der Waals surface area contributed by atoms with Gasteiger partial charge in [0.2, 0.25) is 0 Å². The highest BCUT2D eigenvalue weighted by Gasteiger charge is 2.62. The van der Waals surface area contributed by atoms with E-state index in [0.717, 1.165) is 0 Å². The van der Waals surface area contributed by atoms with Crippen molar-refractivity contribution in [2.75, 3.05) is 13.1 Å². The lowest BCUT2D eigenvalue weighted by atomic mass is 10.0. The number of rotatable bonds is 0. The Labute approximate surface area is 46.3 Å². The van der Waals surface area contributed by atoms with E-state index in [0.29, 0.717) is 13.1 Å². The van der Waals surface area contributed by atoms with Crippen LogP contribution in [0.25, 0.3) is 0 Å². The predicted molar refractivity (Wildman–Crippen MR) is 25.3 cm³/mol. The van der Waals surface area contributed by atoms with Gasteiger partial charge in [-0.2, -0.15) is 0 Å². The van der Waals surface area contributed by atoms with E-state index in [4.69, 9.17) is 0 Å². The summed E-state index contributed by atoms with van der Waals surface area (Å²) in [6.45, 7) is 1.02. The van der Waals surface area contributed by atoms with Gasteiger partial charge in [-0.3, -0.25) is 0 Å². The average molecular weight is 115 g/mol. The summed E-state index contributed by atoms with van der Waals surface area (Å²) in [6.07, 6.45) is -0.859. The maximum atomic E-state index is 12.3. The number of amides is 1. The lowest BCUT2D eigenvalue weighted by Gasteiger charge is -2.10. The first-order valence-corrected chi connectivity index (χ1v) is 2.72. The summed E-state index contributed by atoms with van der Waals surface area (Å²) in [7, 11) is 0. The first kappa shape index (κ1) is 4.44. The monoisotopic (exact) mass is 115 g/mol.